The number of carbonyl (C=O) groups excluding carboxylic acids is 1. The Kier molecular flexibility index (Phi) is 8.69. The Morgan fingerprint density at radius 2 is 1.58 bits per heavy atom. The molecule has 1 saturated heterocycles. The van der Waals surface area contributed by atoms with E-state index in [0.717, 1.165) is 42.8 Å². The number of aliphatic imine (C=N–C) groups is 1. The van der Waals surface area contributed by atoms with Crippen molar-refractivity contribution in [1.82, 2.24) is 4.90 Å². The maximum Gasteiger partial charge on any atom is 0.182 e. The van der Waals surface area contributed by atoms with Crippen LogP contribution in [0.1, 0.15) is 95.3 Å². The van der Waals surface area contributed by atoms with Gasteiger partial charge >= 0.3 is 0 Å². The third kappa shape index (κ3) is 6.38. The first kappa shape index (κ1) is 28.0. The van der Waals surface area contributed by atoms with Crippen LogP contribution in [-0.4, -0.2) is 41.3 Å². The van der Waals surface area contributed by atoms with Crippen molar-refractivity contribution in [2.75, 3.05) is 19.6 Å². The number of benzene rings is 2. The molecule has 0 aromatic heterocycles. The molecule has 0 spiro atoms. The molecule has 36 heavy (non-hydrogen) atoms. The lowest BCUT2D eigenvalue weighted by atomic mass is 9.78. The second-order valence-electron chi connectivity index (χ2n) is 12.4. The molecule has 3 rings (SSSR count). The number of nitrogens with zero attached hydrogens (tertiary/aromatic N) is 2. The molecule has 2 atom stereocenters. The number of carbonyl (C=O) groups is 1. The van der Waals surface area contributed by atoms with E-state index in [4.69, 9.17) is 4.99 Å². The zero-order valence-electron chi connectivity index (χ0n) is 23.7. The fourth-order valence-electron chi connectivity index (χ4n) is 5.47. The number of phenolic OH excluding ortho intramolecular Hbond substituents is 1. The molecular formula is C32H46N2O2. The molecule has 1 N–H and O–H groups in total. The minimum Gasteiger partial charge on any atom is -0.507 e. The van der Waals surface area contributed by atoms with Crippen molar-refractivity contribution < 1.29 is 9.90 Å². The van der Waals surface area contributed by atoms with Gasteiger partial charge in [-0.05, 0) is 54.2 Å². The fraction of sp³-hybridized carbons (Fsp3) is 0.562. The van der Waals surface area contributed by atoms with Crippen LogP contribution in [0.4, 0.5) is 0 Å². The molecule has 4 nitrogen and oxygen atoms in total. The van der Waals surface area contributed by atoms with E-state index in [1.165, 1.54) is 5.56 Å². The van der Waals surface area contributed by atoms with E-state index < -0.39 is 0 Å². The Bertz CT molecular complexity index is 1040. The van der Waals surface area contributed by atoms with Gasteiger partial charge < -0.3 is 10.0 Å². The molecular weight excluding hydrogens is 444 g/mol. The molecule has 0 unspecified atom stereocenters. The number of aromatic hydroxyl groups is 1. The average molecular weight is 491 g/mol. The summed E-state index contributed by atoms with van der Waals surface area (Å²) in [7, 11) is 0. The highest BCUT2D eigenvalue weighted by Crippen LogP contribution is 2.40. The second kappa shape index (κ2) is 11.2. The number of likely N-dealkylation sites (tertiary alicyclic amines) is 1. The number of Topliss-reactive ketones (excluding diaryl/α,β-unsaturated/α-hetero) is 1. The van der Waals surface area contributed by atoms with E-state index in [9.17, 15) is 9.90 Å². The average Bonchev–Trinajstić information content (AvgIpc) is 3.09. The van der Waals surface area contributed by atoms with Crippen LogP contribution >= 0.6 is 0 Å². The SMILES string of the molecule is CCC[C@H]1CN(CC(=O)c2cc(C(C)(C)C)c(O)c(C(C)(C)C)c2)/C(=N\CC)[C@@H]1Cc1ccccc1. The predicted octanol–water partition coefficient (Wildman–Crippen LogP) is 7.18. The molecule has 0 amide bonds. The van der Waals surface area contributed by atoms with Crippen molar-refractivity contribution in [3.8, 4) is 5.75 Å². The van der Waals surface area contributed by atoms with Crippen LogP contribution in [-0.2, 0) is 17.3 Å². The van der Waals surface area contributed by atoms with Gasteiger partial charge in [0, 0.05) is 35.7 Å². The highest BCUT2D eigenvalue weighted by atomic mass is 16.3. The Balaban J connectivity index is 1.95. The van der Waals surface area contributed by atoms with E-state index in [1.54, 1.807) is 0 Å². The van der Waals surface area contributed by atoms with Crippen LogP contribution in [0.25, 0.3) is 0 Å². The number of hydrogen-bond acceptors (Lipinski definition) is 3. The van der Waals surface area contributed by atoms with Crippen molar-refractivity contribution in [2.24, 2.45) is 16.8 Å². The Hall–Kier alpha value is -2.62. The summed E-state index contributed by atoms with van der Waals surface area (Å²) in [6, 6.07) is 14.5. The second-order valence-corrected chi connectivity index (χ2v) is 12.4. The van der Waals surface area contributed by atoms with E-state index in [1.807, 2.05) is 12.1 Å². The Morgan fingerprint density at radius 3 is 2.08 bits per heavy atom. The summed E-state index contributed by atoms with van der Waals surface area (Å²) in [5, 5.41) is 11.1. The van der Waals surface area contributed by atoms with Crippen LogP contribution in [0.2, 0.25) is 0 Å². The lowest BCUT2D eigenvalue weighted by molar-refractivity contribution is 0.0963. The van der Waals surface area contributed by atoms with E-state index in [0.29, 0.717) is 36.2 Å². The van der Waals surface area contributed by atoms with Crippen LogP contribution < -0.4 is 0 Å². The fourth-order valence-corrected chi connectivity index (χ4v) is 5.47. The molecule has 2 aromatic rings. The summed E-state index contributed by atoms with van der Waals surface area (Å²) >= 11 is 0. The molecule has 2 aromatic carbocycles. The first-order valence-corrected chi connectivity index (χ1v) is 13.6. The molecule has 0 radical (unpaired) electrons. The summed E-state index contributed by atoms with van der Waals surface area (Å²) in [6.07, 6.45) is 3.21. The smallest absolute Gasteiger partial charge is 0.182 e. The molecule has 196 valence electrons. The summed E-state index contributed by atoms with van der Waals surface area (Å²) in [4.78, 5) is 20.9. The van der Waals surface area contributed by atoms with Gasteiger partial charge in [-0.25, -0.2) is 0 Å². The lowest BCUT2D eigenvalue weighted by Crippen LogP contribution is -2.34. The molecule has 1 aliphatic heterocycles. The minimum absolute atomic E-state index is 0.0883. The minimum atomic E-state index is -0.268. The Morgan fingerprint density at radius 1 is 1.00 bits per heavy atom. The summed E-state index contributed by atoms with van der Waals surface area (Å²) in [5.74, 6) is 2.30. The highest BCUT2D eigenvalue weighted by molar-refractivity contribution is 6.01. The van der Waals surface area contributed by atoms with Crippen molar-refractivity contribution in [3.05, 3.63) is 64.7 Å². The number of phenols is 1. The Labute approximate surface area is 218 Å². The normalized spacial score (nSPS) is 19.8. The summed E-state index contributed by atoms with van der Waals surface area (Å²) in [6.45, 7) is 18.7. The maximum atomic E-state index is 13.8. The monoisotopic (exact) mass is 490 g/mol. The molecule has 0 bridgehead atoms. The molecule has 0 aliphatic carbocycles. The molecule has 1 aliphatic rings. The lowest BCUT2D eigenvalue weighted by Gasteiger charge is -2.28. The first-order chi connectivity index (χ1) is 16.9. The van der Waals surface area contributed by atoms with E-state index >= 15 is 0 Å². The van der Waals surface area contributed by atoms with Crippen LogP contribution in [0.5, 0.6) is 5.75 Å². The van der Waals surface area contributed by atoms with Crippen LogP contribution in [0, 0.1) is 11.8 Å². The number of amidine groups is 1. The summed E-state index contributed by atoms with van der Waals surface area (Å²) < 4.78 is 0. The van der Waals surface area contributed by atoms with Gasteiger partial charge in [0.1, 0.15) is 11.6 Å². The molecule has 1 fully saturated rings. The standard InChI is InChI=1S/C32H46N2O2/c1-9-14-23-20-34(30(33-10-2)25(23)17-22-15-12-11-13-16-22)21-28(35)24-18-26(31(3,4)5)29(36)27(19-24)32(6,7)8/h11-13,15-16,18-19,23,25,36H,9-10,14,17,20-21H2,1-8H3/b33-30-/t23-,25+/m0/s1. The third-order valence-electron chi connectivity index (χ3n) is 7.34. The quantitative estimate of drug-likeness (QED) is 0.399. The topological polar surface area (TPSA) is 52.9 Å². The van der Waals surface area contributed by atoms with E-state index in [2.05, 4.69) is 90.6 Å². The molecule has 0 saturated carbocycles. The first-order valence-electron chi connectivity index (χ1n) is 13.6. The number of ketones is 1. The zero-order chi connectivity index (χ0) is 26.7. The van der Waals surface area contributed by atoms with Gasteiger partial charge in [-0.3, -0.25) is 9.79 Å². The van der Waals surface area contributed by atoms with Gasteiger partial charge in [0.2, 0.25) is 0 Å². The van der Waals surface area contributed by atoms with Crippen LogP contribution in [0.3, 0.4) is 0 Å². The zero-order valence-corrected chi connectivity index (χ0v) is 23.7. The van der Waals surface area contributed by atoms with Gasteiger partial charge in [-0.1, -0.05) is 85.2 Å². The number of hydrogen-bond donors (Lipinski definition) is 1. The van der Waals surface area contributed by atoms with Gasteiger partial charge in [0.25, 0.3) is 0 Å². The van der Waals surface area contributed by atoms with Gasteiger partial charge in [0.15, 0.2) is 5.78 Å². The number of rotatable bonds is 8. The maximum absolute atomic E-state index is 13.8. The molecule has 4 heteroatoms. The van der Waals surface area contributed by atoms with Gasteiger partial charge in [-0.15, -0.1) is 0 Å². The van der Waals surface area contributed by atoms with Crippen molar-refractivity contribution in [2.45, 2.75) is 85.5 Å². The largest absolute Gasteiger partial charge is 0.507 e. The van der Waals surface area contributed by atoms with Crippen molar-refractivity contribution in [1.29, 1.82) is 0 Å². The van der Waals surface area contributed by atoms with Gasteiger partial charge in [0.05, 0.1) is 6.54 Å². The van der Waals surface area contributed by atoms with E-state index in [-0.39, 0.29) is 16.6 Å². The van der Waals surface area contributed by atoms with Crippen molar-refractivity contribution in [3.63, 3.8) is 0 Å². The summed E-state index contributed by atoms with van der Waals surface area (Å²) in [5.41, 5.74) is 3.12. The molecule has 1 heterocycles. The van der Waals surface area contributed by atoms with Crippen LogP contribution in [0.15, 0.2) is 47.5 Å². The predicted molar refractivity (Wildman–Crippen MR) is 151 cm³/mol. The van der Waals surface area contributed by atoms with Crippen molar-refractivity contribution >= 4 is 11.6 Å². The third-order valence-corrected chi connectivity index (χ3v) is 7.34. The van der Waals surface area contributed by atoms with Gasteiger partial charge in [-0.2, -0.15) is 0 Å². The highest BCUT2D eigenvalue weighted by Gasteiger charge is 2.38.